The number of amides is 1. The maximum absolute atomic E-state index is 11.7. The summed E-state index contributed by atoms with van der Waals surface area (Å²) in [5, 5.41) is 16.7. The quantitative estimate of drug-likeness (QED) is 0.654. The Morgan fingerprint density at radius 1 is 1.32 bits per heavy atom. The monoisotopic (exact) mass is 382 g/mol. The first-order chi connectivity index (χ1) is 12.1. The number of benzene rings is 1. The minimum absolute atomic E-state index is 0.0719. The highest BCUT2D eigenvalue weighted by atomic mass is 35.5. The summed E-state index contributed by atoms with van der Waals surface area (Å²) in [6.45, 7) is 3.49. The number of rotatable bonds is 9. The predicted molar refractivity (Wildman–Crippen MR) is 101 cm³/mol. The summed E-state index contributed by atoms with van der Waals surface area (Å²) in [5.74, 6) is 0.651. The van der Waals surface area contributed by atoms with Crippen LogP contribution in [0.2, 0.25) is 5.02 Å². The van der Waals surface area contributed by atoms with Crippen LogP contribution in [0.3, 0.4) is 0 Å². The smallest absolute Gasteiger partial charge is 0.221 e. The number of aryl methyl sites for hydroxylation is 1. The van der Waals surface area contributed by atoms with Gasteiger partial charge in [-0.3, -0.25) is 9.36 Å². The predicted octanol–water partition coefficient (Wildman–Crippen LogP) is 3.03. The van der Waals surface area contributed by atoms with Gasteiger partial charge in [0, 0.05) is 30.1 Å². The number of nitrogens with zero attached hydrogens (tertiary/aromatic N) is 3. The number of aromatic nitrogens is 3. The van der Waals surface area contributed by atoms with Crippen LogP contribution in [0.5, 0.6) is 0 Å². The molecule has 0 saturated heterocycles. The molecule has 0 atom stereocenters. The molecule has 1 amide bonds. The van der Waals surface area contributed by atoms with E-state index in [1.165, 1.54) is 0 Å². The Bertz CT molecular complexity index is 755. The minimum atomic E-state index is -0.132. The summed E-state index contributed by atoms with van der Waals surface area (Å²) in [4.78, 5) is 11.7. The molecule has 136 valence electrons. The maximum Gasteiger partial charge on any atom is 0.221 e. The summed E-state index contributed by atoms with van der Waals surface area (Å²) in [5.41, 5.74) is 0.940. The third kappa shape index (κ3) is 5.39. The fourth-order valence-electron chi connectivity index (χ4n) is 2.41. The standard InChI is InChI=1S/C17H23ClN4O2S/c1-2-3-10-21-16(13-4-6-14(18)7-5-13)20-22(17(21)25)11-8-15(24)19-9-12-23/h4-7,23H,2-3,8-12H2,1H3,(H,19,24). The summed E-state index contributed by atoms with van der Waals surface area (Å²) in [7, 11) is 0. The van der Waals surface area contributed by atoms with E-state index in [0.717, 1.165) is 30.8 Å². The van der Waals surface area contributed by atoms with E-state index in [2.05, 4.69) is 17.3 Å². The lowest BCUT2D eigenvalue weighted by atomic mass is 10.2. The minimum Gasteiger partial charge on any atom is -0.395 e. The molecule has 0 saturated carbocycles. The number of hydrogen-bond donors (Lipinski definition) is 2. The van der Waals surface area contributed by atoms with Crippen molar-refractivity contribution >= 4 is 29.7 Å². The number of aliphatic hydroxyl groups excluding tert-OH is 1. The Hall–Kier alpha value is -1.70. The van der Waals surface area contributed by atoms with Gasteiger partial charge in [-0.2, -0.15) is 5.10 Å². The van der Waals surface area contributed by atoms with E-state index in [1.54, 1.807) is 4.68 Å². The second-order valence-electron chi connectivity index (χ2n) is 5.66. The van der Waals surface area contributed by atoms with Crippen molar-refractivity contribution in [1.82, 2.24) is 19.7 Å². The highest BCUT2D eigenvalue weighted by Gasteiger charge is 2.13. The van der Waals surface area contributed by atoms with E-state index in [9.17, 15) is 4.79 Å². The van der Waals surface area contributed by atoms with Gasteiger partial charge in [-0.05, 0) is 42.9 Å². The third-order valence-corrected chi connectivity index (χ3v) is 4.43. The molecule has 0 unspecified atom stereocenters. The highest BCUT2D eigenvalue weighted by Crippen LogP contribution is 2.21. The summed E-state index contributed by atoms with van der Waals surface area (Å²) in [6, 6.07) is 7.48. The molecule has 0 bridgehead atoms. The van der Waals surface area contributed by atoms with Gasteiger partial charge < -0.3 is 10.4 Å². The Kier molecular flexibility index (Phi) is 7.61. The molecule has 2 aromatic rings. The Morgan fingerprint density at radius 3 is 2.68 bits per heavy atom. The molecule has 2 N–H and O–H groups in total. The molecular formula is C17H23ClN4O2S. The molecule has 0 fully saturated rings. The first-order valence-electron chi connectivity index (χ1n) is 8.38. The summed E-state index contributed by atoms with van der Waals surface area (Å²) in [6.07, 6.45) is 2.31. The van der Waals surface area contributed by atoms with Gasteiger partial charge in [-0.15, -0.1) is 0 Å². The Morgan fingerprint density at radius 2 is 2.04 bits per heavy atom. The van der Waals surface area contributed by atoms with Crippen LogP contribution in [-0.2, 0) is 17.9 Å². The zero-order chi connectivity index (χ0) is 18.2. The maximum atomic E-state index is 11.7. The van der Waals surface area contributed by atoms with Gasteiger partial charge in [0.15, 0.2) is 10.6 Å². The van der Waals surface area contributed by atoms with Crippen LogP contribution < -0.4 is 5.32 Å². The lowest BCUT2D eigenvalue weighted by Crippen LogP contribution is -2.27. The Balaban J connectivity index is 2.24. The Labute approximate surface area is 157 Å². The topological polar surface area (TPSA) is 72.1 Å². The van der Waals surface area contributed by atoms with E-state index < -0.39 is 0 Å². The first kappa shape index (κ1) is 19.6. The van der Waals surface area contributed by atoms with Crippen molar-refractivity contribution in [3.05, 3.63) is 34.1 Å². The van der Waals surface area contributed by atoms with Gasteiger partial charge in [-0.25, -0.2) is 4.68 Å². The van der Waals surface area contributed by atoms with Crippen LogP contribution in [0.15, 0.2) is 24.3 Å². The van der Waals surface area contributed by atoms with Crippen LogP contribution >= 0.6 is 23.8 Å². The molecule has 1 aromatic carbocycles. The summed E-state index contributed by atoms with van der Waals surface area (Å²) < 4.78 is 4.30. The molecule has 0 spiro atoms. The van der Waals surface area contributed by atoms with E-state index in [0.29, 0.717) is 16.3 Å². The van der Waals surface area contributed by atoms with E-state index in [4.69, 9.17) is 28.9 Å². The molecule has 1 heterocycles. The second kappa shape index (κ2) is 9.70. The number of carbonyl (C=O) groups excluding carboxylic acids is 1. The third-order valence-electron chi connectivity index (χ3n) is 3.75. The van der Waals surface area contributed by atoms with Gasteiger partial charge in [0.1, 0.15) is 0 Å². The SMILES string of the molecule is CCCCn1c(-c2ccc(Cl)cc2)nn(CCC(=O)NCCO)c1=S. The van der Waals surface area contributed by atoms with Crippen LogP contribution in [0.4, 0.5) is 0 Å². The molecule has 0 aliphatic rings. The second-order valence-corrected chi connectivity index (χ2v) is 6.47. The highest BCUT2D eigenvalue weighted by molar-refractivity contribution is 7.71. The van der Waals surface area contributed by atoms with E-state index in [1.807, 2.05) is 28.8 Å². The van der Waals surface area contributed by atoms with Gasteiger partial charge in [0.05, 0.1) is 13.2 Å². The van der Waals surface area contributed by atoms with Gasteiger partial charge >= 0.3 is 0 Å². The molecule has 1 aromatic heterocycles. The van der Waals surface area contributed by atoms with Crippen molar-refractivity contribution in [2.45, 2.75) is 39.3 Å². The van der Waals surface area contributed by atoms with Crippen LogP contribution in [0.1, 0.15) is 26.2 Å². The number of halogens is 1. The zero-order valence-electron chi connectivity index (χ0n) is 14.2. The zero-order valence-corrected chi connectivity index (χ0v) is 15.8. The average molecular weight is 383 g/mol. The van der Waals surface area contributed by atoms with Crippen molar-refractivity contribution in [3.63, 3.8) is 0 Å². The molecule has 6 nitrogen and oxygen atoms in total. The van der Waals surface area contributed by atoms with Crippen molar-refractivity contribution in [1.29, 1.82) is 0 Å². The number of unbranched alkanes of at least 4 members (excludes halogenated alkanes) is 1. The van der Waals surface area contributed by atoms with Crippen LogP contribution in [0, 0.1) is 4.77 Å². The molecule has 0 radical (unpaired) electrons. The fraction of sp³-hybridized carbons (Fsp3) is 0.471. The number of nitrogens with one attached hydrogen (secondary N) is 1. The first-order valence-corrected chi connectivity index (χ1v) is 9.16. The largest absolute Gasteiger partial charge is 0.395 e. The molecule has 0 aliphatic heterocycles. The van der Waals surface area contributed by atoms with Crippen LogP contribution in [0.25, 0.3) is 11.4 Å². The van der Waals surface area contributed by atoms with E-state index >= 15 is 0 Å². The average Bonchev–Trinajstić information content (AvgIpc) is 2.93. The van der Waals surface area contributed by atoms with Gasteiger partial charge in [0.25, 0.3) is 0 Å². The summed E-state index contributed by atoms with van der Waals surface area (Å²) >= 11 is 11.5. The number of aliphatic hydroxyl groups is 1. The molecule has 0 aliphatic carbocycles. The van der Waals surface area contributed by atoms with Gasteiger partial charge in [-0.1, -0.05) is 24.9 Å². The lowest BCUT2D eigenvalue weighted by molar-refractivity contribution is -0.121. The lowest BCUT2D eigenvalue weighted by Gasteiger charge is -2.05. The van der Waals surface area contributed by atoms with E-state index in [-0.39, 0.29) is 25.5 Å². The van der Waals surface area contributed by atoms with Crippen LogP contribution in [-0.4, -0.2) is 38.5 Å². The molecule has 2 rings (SSSR count). The van der Waals surface area contributed by atoms with Crippen molar-refractivity contribution in [2.75, 3.05) is 13.2 Å². The van der Waals surface area contributed by atoms with Crippen molar-refractivity contribution in [2.24, 2.45) is 0 Å². The fourth-order valence-corrected chi connectivity index (χ4v) is 2.84. The molecule has 25 heavy (non-hydrogen) atoms. The van der Waals surface area contributed by atoms with Crippen molar-refractivity contribution < 1.29 is 9.90 Å². The molecular weight excluding hydrogens is 360 g/mol. The normalized spacial score (nSPS) is 10.8. The van der Waals surface area contributed by atoms with Gasteiger partial charge in [0.2, 0.25) is 5.91 Å². The number of carbonyl (C=O) groups is 1. The number of hydrogen-bond acceptors (Lipinski definition) is 4. The van der Waals surface area contributed by atoms with Crippen molar-refractivity contribution in [3.8, 4) is 11.4 Å². The molecule has 8 heteroatoms.